The average molecular weight is 562 g/mol. The number of nitrogens with zero attached hydrogens (tertiary/aromatic N) is 5. The predicted molar refractivity (Wildman–Crippen MR) is 138 cm³/mol. The molecular formula is C28H28F5N5O2. The summed E-state index contributed by atoms with van der Waals surface area (Å²) in [6, 6.07) is 14.9. The summed E-state index contributed by atoms with van der Waals surface area (Å²) in [5.41, 5.74) is 2.03. The van der Waals surface area contributed by atoms with Crippen LogP contribution in [0.3, 0.4) is 0 Å². The quantitative estimate of drug-likeness (QED) is 0.231. The van der Waals surface area contributed by atoms with Crippen LogP contribution in [-0.4, -0.2) is 45.9 Å². The van der Waals surface area contributed by atoms with Crippen LogP contribution < -0.4 is 14.4 Å². The van der Waals surface area contributed by atoms with Crippen molar-refractivity contribution in [3.05, 3.63) is 77.9 Å². The molecule has 2 heterocycles. The summed E-state index contributed by atoms with van der Waals surface area (Å²) >= 11 is 0. The monoisotopic (exact) mass is 561 g/mol. The standard InChI is InChI=1S/C28H28F5N5O2/c1-39-21-7-3-18(4-8-21)16-37(17-19-5-9-22(40-2)10-6-19)25-26-36-35-24(38(26)14-13-34-25)23-15-20(28(31,32)33)11-12-27(23,29)30/h3-10,13-14,20,23H,11-12,15-17H2,1-2H3/t20-,23+/m0/s1. The van der Waals surface area contributed by atoms with Gasteiger partial charge in [0.25, 0.3) is 5.92 Å². The minimum atomic E-state index is -4.56. The number of fused-ring (bicyclic) bond motifs is 1. The van der Waals surface area contributed by atoms with Gasteiger partial charge in [0.15, 0.2) is 5.82 Å². The van der Waals surface area contributed by atoms with Gasteiger partial charge in [-0.3, -0.25) is 4.40 Å². The largest absolute Gasteiger partial charge is 0.497 e. The number of methoxy groups -OCH3 is 2. The van der Waals surface area contributed by atoms with Crippen LogP contribution in [0.1, 0.15) is 42.1 Å². The van der Waals surface area contributed by atoms with E-state index >= 15 is 0 Å². The zero-order valence-corrected chi connectivity index (χ0v) is 21.9. The third-order valence-corrected chi connectivity index (χ3v) is 7.33. The number of benzene rings is 2. The number of ether oxygens (including phenoxy) is 2. The molecule has 0 N–H and O–H groups in total. The van der Waals surface area contributed by atoms with Gasteiger partial charge in [0.05, 0.1) is 26.1 Å². The lowest BCUT2D eigenvalue weighted by atomic mass is 9.78. The molecule has 4 aromatic rings. The maximum absolute atomic E-state index is 15.0. The van der Waals surface area contributed by atoms with E-state index in [1.54, 1.807) is 14.2 Å². The van der Waals surface area contributed by atoms with E-state index in [4.69, 9.17) is 9.47 Å². The van der Waals surface area contributed by atoms with E-state index < -0.39 is 43.2 Å². The Morgan fingerprint density at radius 1 is 0.925 bits per heavy atom. The van der Waals surface area contributed by atoms with Gasteiger partial charge in [-0.1, -0.05) is 24.3 Å². The van der Waals surface area contributed by atoms with Crippen molar-refractivity contribution >= 4 is 11.5 Å². The molecule has 2 aromatic carbocycles. The van der Waals surface area contributed by atoms with E-state index in [0.717, 1.165) is 11.1 Å². The molecule has 1 aliphatic rings. The van der Waals surface area contributed by atoms with E-state index in [0.29, 0.717) is 30.4 Å². The van der Waals surface area contributed by atoms with Crippen molar-refractivity contribution in [3.63, 3.8) is 0 Å². The zero-order chi connectivity index (χ0) is 28.5. The van der Waals surface area contributed by atoms with E-state index in [9.17, 15) is 22.0 Å². The summed E-state index contributed by atoms with van der Waals surface area (Å²) in [5.74, 6) is -5.36. The molecular weight excluding hydrogens is 533 g/mol. The number of alkyl halides is 5. The summed E-state index contributed by atoms with van der Waals surface area (Å²) in [5, 5.41) is 8.16. The molecule has 0 spiro atoms. The lowest BCUT2D eigenvalue weighted by Gasteiger charge is -2.35. The molecule has 1 saturated carbocycles. The fourth-order valence-electron chi connectivity index (χ4n) is 5.11. The molecule has 7 nitrogen and oxygen atoms in total. The Labute approximate surface area is 227 Å². The van der Waals surface area contributed by atoms with Gasteiger partial charge in [-0.25, -0.2) is 13.8 Å². The lowest BCUT2D eigenvalue weighted by molar-refractivity contribution is -0.201. The minimum Gasteiger partial charge on any atom is -0.497 e. The van der Waals surface area contributed by atoms with Crippen LogP contribution in [0.4, 0.5) is 27.8 Å². The first-order chi connectivity index (χ1) is 19.1. The number of hydrogen-bond donors (Lipinski definition) is 0. The Morgan fingerprint density at radius 3 is 2.02 bits per heavy atom. The van der Waals surface area contributed by atoms with Crippen molar-refractivity contribution < 1.29 is 31.4 Å². The minimum absolute atomic E-state index is 0.185. The van der Waals surface area contributed by atoms with Crippen molar-refractivity contribution in [1.82, 2.24) is 19.6 Å². The summed E-state index contributed by atoms with van der Waals surface area (Å²) in [6.45, 7) is 0.751. The van der Waals surface area contributed by atoms with Crippen LogP contribution in [0.25, 0.3) is 5.65 Å². The number of halogens is 5. The molecule has 40 heavy (non-hydrogen) atoms. The summed E-state index contributed by atoms with van der Waals surface area (Å²) in [7, 11) is 3.15. The number of hydrogen-bond acceptors (Lipinski definition) is 6. The molecule has 0 amide bonds. The van der Waals surface area contributed by atoms with Gasteiger partial charge in [-0.05, 0) is 48.2 Å². The normalized spacial score (nSPS) is 19.0. The van der Waals surface area contributed by atoms with Crippen molar-refractivity contribution in [2.45, 2.75) is 50.4 Å². The van der Waals surface area contributed by atoms with E-state index in [1.807, 2.05) is 53.4 Å². The maximum atomic E-state index is 15.0. The fourth-order valence-corrected chi connectivity index (χ4v) is 5.11. The topological polar surface area (TPSA) is 64.8 Å². The second-order valence-corrected chi connectivity index (χ2v) is 9.88. The van der Waals surface area contributed by atoms with E-state index in [-0.39, 0.29) is 11.5 Å². The predicted octanol–water partition coefficient (Wildman–Crippen LogP) is 6.43. The van der Waals surface area contributed by atoms with Gasteiger partial charge in [-0.15, -0.1) is 10.2 Å². The van der Waals surface area contributed by atoms with Crippen LogP contribution in [-0.2, 0) is 13.1 Å². The smallest absolute Gasteiger partial charge is 0.391 e. The fraction of sp³-hybridized carbons (Fsp3) is 0.393. The van der Waals surface area contributed by atoms with Crippen molar-refractivity contribution in [3.8, 4) is 11.5 Å². The molecule has 1 fully saturated rings. The highest BCUT2D eigenvalue weighted by Gasteiger charge is 2.54. The van der Waals surface area contributed by atoms with Crippen molar-refractivity contribution in [2.24, 2.45) is 5.92 Å². The summed E-state index contributed by atoms with van der Waals surface area (Å²) in [4.78, 5) is 6.41. The highest BCUT2D eigenvalue weighted by Crippen LogP contribution is 2.50. The Bertz CT molecular complexity index is 1390. The van der Waals surface area contributed by atoms with E-state index in [1.165, 1.54) is 16.8 Å². The number of rotatable bonds is 8. The average Bonchev–Trinajstić information content (AvgIpc) is 3.36. The van der Waals surface area contributed by atoms with Crippen LogP contribution in [0.2, 0.25) is 0 Å². The Kier molecular flexibility index (Phi) is 7.52. The number of aromatic nitrogens is 4. The highest BCUT2D eigenvalue weighted by atomic mass is 19.4. The molecule has 2 atom stereocenters. The molecule has 212 valence electrons. The third kappa shape index (κ3) is 5.66. The van der Waals surface area contributed by atoms with Crippen LogP contribution in [0, 0.1) is 5.92 Å². The van der Waals surface area contributed by atoms with Gasteiger partial charge < -0.3 is 14.4 Å². The van der Waals surface area contributed by atoms with Crippen molar-refractivity contribution in [2.75, 3.05) is 19.1 Å². The van der Waals surface area contributed by atoms with E-state index in [2.05, 4.69) is 15.2 Å². The van der Waals surface area contributed by atoms with Crippen LogP contribution in [0.15, 0.2) is 60.9 Å². The number of anilines is 1. The molecule has 0 saturated heterocycles. The van der Waals surface area contributed by atoms with Gasteiger partial charge in [0.1, 0.15) is 17.3 Å². The Hall–Kier alpha value is -3.96. The Balaban J connectivity index is 1.53. The molecule has 1 aliphatic carbocycles. The molecule has 0 aliphatic heterocycles. The second-order valence-electron chi connectivity index (χ2n) is 9.88. The molecule has 0 radical (unpaired) electrons. The lowest BCUT2D eigenvalue weighted by Crippen LogP contribution is -2.39. The Morgan fingerprint density at radius 2 is 1.50 bits per heavy atom. The van der Waals surface area contributed by atoms with Gasteiger partial charge >= 0.3 is 6.18 Å². The summed E-state index contributed by atoms with van der Waals surface area (Å²) in [6.07, 6.45) is -3.96. The zero-order valence-electron chi connectivity index (χ0n) is 21.9. The first-order valence-electron chi connectivity index (χ1n) is 12.7. The first-order valence-corrected chi connectivity index (χ1v) is 12.7. The second kappa shape index (κ2) is 10.9. The third-order valence-electron chi connectivity index (χ3n) is 7.33. The van der Waals surface area contributed by atoms with Gasteiger partial charge in [0, 0.05) is 31.9 Å². The van der Waals surface area contributed by atoms with Gasteiger partial charge in [0.2, 0.25) is 5.65 Å². The molecule has 0 bridgehead atoms. The molecule has 0 unspecified atom stereocenters. The SMILES string of the molecule is COc1ccc(CN(Cc2ccc(OC)cc2)c2nccn3c([C@H]4C[C@@H](C(F)(F)F)CCC4(F)F)nnc23)cc1. The first kappa shape index (κ1) is 27.6. The highest BCUT2D eigenvalue weighted by molar-refractivity contribution is 5.64. The maximum Gasteiger partial charge on any atom is 0.391 e. The van der Waals surface area contributed by atoms with Crippen LogP contribution >= 0.6 is 0 Å². The molecule has 2 aromatic heterocycles. The summed E-state index contributed by atoms with van der Waals surface area (Å²) < 4.78 is 82.3. The molecule has 5 rings (SSSR count). The molecule has 12 heteroatoms. The van der Waals surface area contributed by atoms with Gasteiger partial charge in [-0.2, -0.15) is 13.2 Å². The van der Waals surface area contributed by atoms with Crippen LogP contribution in [0.5, 0.6) is 11.5 Å². The van der Waals surface area contributed by atoms with Crippen molar-refractivity contribution in [1.29, 1.82) is 0 Å².